The molecule has 1 heterocycles. The van der Waals surface area contributed by atoms with E-state index in [9.17, 15) is 0 Å². The van der Waals surface area contributed by atoms with Gasteiger partial charge in [-0.15, -0.1) is 0 Å². The van der Waals surface area contributed by atoms with Crippen molar-refractivity contribution >= 4 is 34.8 Å². The molecular weight excluding hydrogens is 194 g/mol. The Bertz CT molecular complexity index is 170. The Morgan fingerprint density at radius 2 is 1.90 bits per heavy atom. The van der Waals surface area contributed by atoms with E-state index in [0.29, 0.717) is 0 Å². The summed E-state index contributed by atoms with van der Waals surface area (Å²) in [7, 11) is 0. The second-order valence-electron chi connectivity index (χ2n) is 2.90. The van der Waals surface area contributed by atoms with Crippen molar-refractivity contribution in [2.45, 2.75) is 34.8 Å². The first kappa shape index (κ1) is 7.48. The van der Waals surface area contributed by atoms with E-state index in [1.807, 2.05) is 0 Å². The standard InChI is InChI=1S/C6H7Cl3O/c7-5(8)2-1-3-6(9)4(5)10-6/h4H,1-3H2/t4-,6-/m0/s1. The van der Waals surface area contributed by atoms with Gasteiger partial charge in [0.2, 0.25) is 0 Å². The lowest BCUT2D eigenvalue weighted by Gasteiger charge is -2.22. The molecule has 0 aromatic rings. The van der Waals surface area contributed by atoms with Crippen LogP contribution < -0.4 is 0 Å². The van der Waals surface area contributed by atoms with Crippen LogP contribution in [0.1, 0.15) is 19.3 Å². The lowest BCUT2D eigenvalue weighted by atomic mass is 9.99. The third kappa shape index (κ3) is 0.953. The molecule has 1 nitrogen and oxygen atoms in total. The molecule has 1 aliphatic heterocycles. The molecule has 1 saturated heterocycles. The van der Waals surface area contributed by atoms with Gasteiger partial charge in [0.05, 0.1) is 0 Å². The highest BCUT2D eigenvalue weighted by Gasteiger charge is 2.66. The molecule has 58 valence electrons. The SMILES string of the molecule is ClC1(Cl)CCC[C@]2(Cl)O[C@@H]12. The van der Waals surface area contributed by atoms with Gasteiger partial charge < -0.3 is 4.74 Å². The van der Waals surface area contributed by atoms with Gasteiger partial charge in [-0.2, -0.15) is 0 Å². The van der Waals surface area contributed by atoms with E-state index in [2.05, 4.69) is 0 Å². The maximum absolute atomic E-state index is 5.94. The maximum atomic E-state index is 5.94. The Morgan fingerprint density at radius 3 is 2.40 bits per heavy atom. The number of rotatable bonds is 0. The summed E-state index contributed by atoms with van der Waals surface area (Å²) < 4.78 is 4.45. The van der Waals surface area contributed by atoms with Crippen molar-refractivity contribution in [3.05, 3.63) is 0 Å². The number of hydrogen-bond donors (Lipinski definition) is 0. The maximum Gasteiger partial charge on any atom is 0.171 e. The molecule has 0 amide bonds. The van der Waals surface area contributed by atoms with Crippen LogP contribution >= 0.6 is 34.8 Å². The van der Waals surface area contributed by atoms with E-state index >= 15 is 0 Å². The van der Waals surface area contributed by atoms with E-state index < -0.39 is 9.39 Å². The Kier molecular flexibility index (Phi) is 1.46. The molecule has 2 aliphatic rings. The Balaban J connectivity index is 2.16. The minimum atomic E-state index is -0.736. The molecule has 10 heavy (non-hydrogen) atoms. The lowest BCUT2D eigenvalue weighted by molar-refractivity contribution is 0.349. The molecular formula is C6H7Cl3O. The monoisotopic (exact) mass is 200 g/mol. The fourth-order valence-electron chi connectivity index (χ4n) is 1.45. The van der Waals surface area contributed by atoms with Crippen molar-refractivity contribution in [2.24, 2.45) is 0 Å². The van der Waals surface area contributed by atoms with E-state index in [1.165, 1.54) is 0 Å². The van der Waals surface area contributed by atoms with Crippen LogP contribution in [-0.2, 0) is 4.74 Å². The Hall–Kier alpha value is 0.830. The van der Waals surface area contributed by atoms with Crippen LogP contribution in [0.4, 0.5) is 0 Å². The summed E-state index contributed by atoms with van der Waals surface area (Å²) in [6, 6.07) is 0. The summed E-state index contributed by atoms with van der Waals surface area (Å²) in [6.07, 6.45) is 2.47. The second-order valence-corrected chi connectivity index (χ2v) is 5.08. The number of alkyl halides is 3. The van der Waals surface area contributed by atoms with Crippen molar-refractivity contribution in [3.63, 3.8) is 0 Å². The number of epoxide rings is 1. The highest BCUT2D eigenvalue weighted by atomic mass is 35.5. The fraction of sp³-hybridized carbons (Fsp3) is 1.00. The fourth-order valence-corrected chi connectivity index (χ4v) is 2.68. The van der Waals surface area contributed by atoms with E-state index in [4.69, 9.17) is 39.5 Å². The third-order valence-corrected chi connectivity index (χ3v) is 3.31. The first-order valence-corrected chi connectivity index (χ1v) is 4.43. The van der Waals surface area contributed by atoms with Crippen molar-refractivity contribution in [2.75, 3.05) is 0 Å². The summed E-state index contributed by atoms with van der Waals surface area (Å²) in [5, 5.41) is -0.512. The molecule has 2 rings (SSSR count). The average Bonchev–Trinajstić information content (AvgIpc) is 2.41. The average molecular weight is 201 g/mol. The van der Waals surface area contributed by atoms with Gasteiger partial charge in [0.25, 0.3) is 0 Å². The largest absolute Gasteiger partial charge is 0.346 e. The minimum absolute atomic E-state index is 0.140. The molecule has 0 aromatic heterocycles. The van der Waals surface area contributed by atoms with Gasteiger partial charge in [-0.25, -0.2) is 0 Å². The topological polar surface area (TPSA) is 12.5 Å². The van der Waals surface area contributed by atoms with Gasteiger partial charge >= 0.3 is 0 Å². The molecule has 4 heteroatoms. The first-order valence-electron chi connectivity index (χ1n) is 3.29. The molecule has 0 aromatic carbocycles. The zero-order valence-electron chi connectivity index (χ0n) is 5.24. The van der Waals surface area contributed by atoms with Crippen LogP contribution in [0, 0.1) is 0 Å². The number of ether oxygens (including phenoxy) is 1. The predicted octanol–water partition coefficient (Wildman–Crippen LogP) is 2.68. The molecule has 0 spiro atoms. The highest BCUT2D eigenvalue weighted by Crippen LogP contribution is 2.59. The van der Waals surface area contributed by atoms with Crippen LogP contribution in [0.3, 0.4) is 0 Å². The van der Waals surface area contributed by atoms with Crippen molar-refractivity contribution in [1.82, 2.24) is 0 Å². The van der Waals surface area contributed by atoms with Crippen molar-refractivity contribution in [1.29, 1.82) is 0 Å². The van der Waals surface area contributed by atoms with Crippen LogP contribution in [0.5, 0.6) is 0 Å². The van der Waals surface area contributed by atoms with Crippen LogP contribution in [-0.4, -0.2) is 15.5 Å². The van der Waals surface area contributed by atoms with Gasteiger partial charge in [-0.3, -0.25) is 0 Å². The van der Waals surface area contributed by atoms with E-state index in [0.717, 1.165) is 19.3 Å². The molecule has 0 bridgehead atoms. The summed E-state index contributed by atoms with van der Waals surface area (Å²) in [4.78, 5) is 0. The van der Waals surface area contributed by atoms with Crippen LogP contribution in [0.2, 0.25) is 0 Å². The zero-order valence-corrected chi connectivity index (χ0v) is 7.51. The third-order valence-electron chi connectivity index (χ3n) is 2.06. The predicted molar refractivity (Wildman–Crippen MR) is 41.7 cm³/mol. The Labute approximate surface area is 74.6 Å². The second kappa shape index (κ2) is 1.95. The smallest absolute Gasteiger partial charge is 0.171 e. The van der Waals surface area contributed by atoms with E-state index in [1.54, 1.807) is 0 Å². The molecule has 2 atom stereocenters. The number of halogens is 3. The first-order chi connectivity index (χ1) is 4.55. The molecule has 0 radical (unpaired) electrons. The lowest BCUT2D eigenvalue weighted by Crippen LogP contribution is -2.30. The molecule has 1 aliphatic carbocycles. The molecule has 0 N–H and O–H groups in total. The van der Waals surface area contributed by atoms with Gasteiger partial charge in [-0.1, -0.05) is 34.8 Å². The number of fused-ring (bicyclic) bond motifs is 1. The zero-order chi connectivity index (χ0) is 7.41. The summed E-state index contributed by atoms with van der Waals surface area (Å²) in [5.74, 6) is 0. The van der Waals surface area contributed by atoms with Gasteiger partial charge in [0.1, 0.15) is 10.4 Å². The Morgan fingerprint density at radius 1 is 1.20 bits per heavy atom. The van der Waals surface area contributed by atoms with Gasteiger partial charge in [0, 0.05) is 0 Å². The summed E-state index contributed by atoms with van der Waals surface area (Å²) in [6.45, 7) is 0. The van der Waals surface area contributed by atoms with Crippen LogP contribution in [0.15, 0.2) is 0 Å². The van der Waals surface area contributed by atoms with Gasteiger partial charge in [0.15, 0.2) is 5.06 Å². The quantitative estimate of drug-likeness (QED) is 0.434. The highest BCUT2D eigenvalue weighted by molar-refractivity contribution is 6.50. The minimum Gasteiger partial charge on any atom is -0.346 e. The molecule has 1 saturated carbocycles. The summed E-state index contributed by atoms with van der Waals surface area (Å²) in [5.41, 5.74) is 0. The van der Waals surface area contributed by atoms with Gasteiger partial charge in [-0.05, 0) is 19.3 Å². The van der Waals surface area contributed by atoms with E-state index in [-0.39, 0.29) is 6.10 Å². The van der Waals surface area contributed by atoms with Crippen molar-refractivity contribution in [3.8, 4) is 0 Å². The normalized spacial score (nSPS) is 50.1. The molecule has 0 unspecified atom stereocenters. The van der Waals surface area contributed by atoms with Crippen LogP contribution in [0.25, 0.3) is 0 Å². The number of hydrogen-bond acceptors (Lipinski definition) is 1. The summed E-state index contributed by atoms with van der Waals surface area (Å²) >= 11 is 17.8. The molecule has 2 fully saturated rings. The van der Waals surface area contributed by atoms with Crippen molar-refractivity contribution < 1.29 is 4.74 Å².